The van der Waals surface area contributed by atoms with Crippen molar-refractivity contribution in [3.05, 3.63) is 59.8 Å². The second kappa shape index (κ2) is 10.1. The number of nitrogens with zero attached hydrogens (tertiary/aromatic N) is 3. The van der Waals surface area contributed by atoms with Crippen molar-refractivity contribution < 1.29 is 19.1 Å². The summed E-state index contributed by atoms with van der Waals surface area (Å²) in [6, 6.07) is 14.5. The molecule has 1 saturated heterocycles. The van der Waals surface area contributed by atoms with Crippen LogP contribution in [0.15, 0.2) is 54.2 Å². The van der Waals surface area contributed by atoms with E-state index in [2.05, 4.69) is 23.6 Å². The lowest BCUT2D eigenvalue weighted by atomic mass is 10.0. The largest absolute Gasteiger partial charge is 0.497 e. The van der Waals surface area contributed by atoms with Crippen molar-refractivity contribution in [2.24, 2.45) is 0 Å². The number of rotatable bonds is 8. The molecule has 33 heavy (non-hydrogen) atoms. The Morgan fingerprint density at radius 2 is 1.45 bits per heavy atom. The molecule has 0 aromatic heterocycles. The minimum Gasteiger partial charge on any atom is -0.497 e. The molecule has 2 aliphatic rings. The Bertz CT molecular complexity index is 1020. The van der Waals surface area contributed by atoms with Crippen LogP contribution in [-0.4, -0.2) is 68.1 Å². The molecule has 7 nitrogen and oxygen atoms in total. The fourth-order valence-corrected chi connectivity index (χ4v) is 4.26. The number of piperazine rings is 1. The molecule has 0 unspecified atom stereocenters. The summed E-state index contributed by atoms with van der Waals surface area (Å²) in [7, 11) is 1.59. The van der Waals surface area contributed by atoms with E-state index in [0.717, 1.165) is 37.4 Å². The molecule has 2 amide bonds. The molecule has 0 bridgehead atoms. The molecular weight excluding hydrogens is 418 g/mol. The van der Waals surface area contributed by atoms with E-state index in [0.29, 0.717) is 42.4 Å². The van der Waals surface area contributed by atoms with Gasteiger partial charge in [0.1, 0.15) is 17.2 Å². The predicted octanol–water partition coefficient (Wildman–Crippen LogP) is 3.41. The van der Waals surface area contributed by atoms with Crippen LogP contribution in [0.1, 0.15) is 25.8 Å². The number of benzene rings is 2. The highest BCUT2D eigenvalue weighted by Crippen LogP contribution is 2.36. The molecule has 174 valence electrons. The first-order chi connectivity index (χ1) is 16.1. The van der Waals surface area contributed by atoms with Gasteiger partial charge < -0.3 is 19.3 Å². The summed E-state index contributed by atoms with van der Waals surface area (Å²) in [5.41, 5.74) is 2.19. The van der Waals surface area contributed by atoms with Crippen LogP contribution in [0.2, 0.25) is 0 Å². The third-order valence-electron chi connectivity index (χ3n) is 6.14. The summed E-state index contributed by atoms with van der Waals surface area (Å²) in [5, 5.41) is 0. The van der Waals surface area contributed by atoms with E-state index in [-0.39, 0.29) is 11.8 Å². The van der Waals surface area contributed by atoms with E-state index in [1.807, 2.05) is 24.3 Å². The zero-order chi connectivity index (χ0) is 23.4. The molecule has 0 spiro atoms. The van der Waals surface area contributed by atoms with Gasteiger partial charge in [-0.05, 0) is 54.9 Å². The lowest BCUT2D eigenvalue weighted by molar-refractivity contribution is -0.120. The van der Waals surface area contributed by atoms with E-state index >= 15 is 0 Å². The van der Waals surface area contributed by atoms with E-state index in [1.165, 1.54) is 4.90 Å². The molecule has 2 aromatic carbocycles. The lowest BCUT2D eigenvalue weighted by Crippen LogP contribution is -2.47. The Labute approximate surface area is 195 Å². The Balaban J connectivity index is 1.71. The van der Waals surface area contributed by atoms with Gasteiger partial charge in [0, 0.05) is 26.2 Å². The summed E-state index contributed by atoms with van der Waals surface area (Å²) < 4.78 is 10.9. The molecule has 2 aromatic rings. The maximum Gasteiger partial charge on any atom is 0.282 e. The average molecular weight is 450 g/mol. The Morgan fingerprint density at radius 3 is 2.03 bits per heavy atom. The number of hydrogen-bond acceptors (Lipinski definition) is 6. The van der Waals surface area contributed by atoms with Gasteiger partial charge >= 0.3 is 0 Å². The van der Waals surface area contributed by atoms with Crippen molar-refractivity contribution in [1.29, 1.82) is 0 Å². The zero-order valence-electron chi connectivity index (χ0n) is 19.5. The van der Waals surface area contributed by atoms with E-state index in [4.69, 9.17) is 9.47 Å². The molecule has 0 atom stereocenters. The number of imide groups is 1. The predicted molar refractivity (Wildman–Crippen MR) is 128 cm³/mol. The van der Waals surface area contributed by atoms with Gasteiger partial charge in [-0.2, -0.15) is 0 Å². The van der Waals surface area contributed by atoms with E-state index in [1.54, 1.807) is 31.4 Å². The Kier molecular flexibility index (Phi) is 6.99. The number of ether oxygens (including phenoxy) is 2. The topological polar surface area (TPSA) is 62.3 Å². The first-order valence-electron chi connectivity index (χ1n) is 11.5. The maximum absolute atomic E-state index is 13.6. The highest BCUT2D eigenvalue weighted by Gasteiger charge is 2.43. The van der Waals surface area contributed by atoms with Gasteiger partial charge in [0.25, 0.3) is 11.8 Å². The van der Waals surface area contributed by atoms with Crippen LogP contribution < -0.4 is 14.4 Å². The Hall–Kier alpha value is -3.32. The van der Waals surface area contributed by atoms with Gasteiger partial charge in [0.2, 0.25) is 0 Å². The summed E-state index contributed by atoms with van der Waals surface area (Å²) in [5.74, 6) is 0.837. The van der Waals surface area contributed by atoms with Crippen LogP contribution in [0.25, 0.3) is 5.57 Å². The van der Waals surface area contributed by atoms with Gasteiger partial charge in [-0.1, -0.05) is 26.0 Å². The summed E-state index contributed by atoms with van der Waals surface area (Å²) in [4.78, 5) is 33.0. The maximum atomic E-state index is 13.6. The molecular formula is C26H31N3O4. The van der Waals surface area contributed by atoms with Crippen molar-refractivity contribution in [3.8, 4) is 11.5 Å². The smallest absolute Gasteiger partial charge is 0.282 e. The summed E-state index contributed by atoms with van der Waals surface area (Å²) in [6.07, 6.45) is 0.921. The van der Waals surface area contributed by atoms with Crippen molar-refractivity contribution in [2.75, 3.05) is 51.3 Å². The number of anilines is 1. The number of carbonyl (C=O) groups is 2. The second-order valence-electron chi connectivity index (χ2n) is 8.16. The molecule has 0 N–H and O–H groups in total. The lowest BCUT2D eigenvalue weighted by Gasteiger charge is -2.36. The third-order valence-corrected chi connectivity index (χ3v) is 6.14. The van der Waals surface area contributed by atoms with Crippen LogP contribution in [0.4, 0.5) is 5.69 Å². The molecule has 0 saturated carbocycles. The molecule has 0 radical (unpaired) electrons. The van der Waals surface area contributed by atoms with Crippen molar-refractivity contribution in [3.63, 3.8) is 0 Å². The van der Waals surface area contributed by atoms with Crippen LogP contribution >= 0.6 is 0 Å². The van der Waals surface area contributed by atoms with Gasteiger partial charge in [0.05, 0.1) is 25.0 Å². The number of carbonyl (C=O) groups excluding carboxylic acids is 2. The molecule has 2 heterocycles. The molecule has 7 heteroatoms. The van der Waals surface area contributed by atoms with Gasteiger partial charge in [-0.15, -0.1) is 0 Å². The van der Waals surface area contributed by atoms with Crippen molar-refractivity contribution in [1.82, 2.24) is 9.80 Å². The minimum atomic E-state index is -0.305. The first-order valence-corrected chi connectivity index (χ1v) is 11.5. The van der Waals surface area contributed by atoms with Gasteiger partial charge in [-0.25, -0.2) is 4.90 Å². The van der Waals surface area contributed by atoms with Gasteiger partial charge in [0.15, 0.2) is 0 Å². The molecule has 4 rings (SSSR count). The van der Waals surface area contributed by atoms with E-state index in [9.17, 15) is 9.59 Å². The number of likely N-dealkylation sites (N-methyl/N-ethyl adjacent to an activating group) is 1. The second-order valence-corrected chi connectivity index (χ2v) is 8.16. The number of methoxy groups -OCH3 is 1. The van der Waals surface area contributed by atoms with Crippen LogP contribution in [0, 0.1) is 0 Å². The Morgan fingerprint density at radius 1 is 0.818 bits per heavy atom. The average Bonchev–Trinajstić information content (AvgIpc) is 3.13. The van der Waals surface area contributed by atoms with E-state index < -0.39 is 0 Å². The minimum absolute atomic E-state index is 0.281. The third kappa shape index (κ3) is 4.59. The molecule has 1 fully saturated rings. The highest BCUT2D eigenvalue weighted by atomic mass is 16.5. The quantitative estimate of drug-likeness (QED) is 0.576. The summed E-state index contributed by atoms with van der Waals surface area (Å²) >= 11 is 0. The zero-order valence-corrected chi connectivity index (χ0v) is 19.5. The van der Waals surface area contributed by atoms with Crippen LogP contribution in [-0.2, 0) is 9.59 Å². The fraction of sp³-hybridized carbons (Fsp3) is 0.385. The van der Waals surface area contributed by atoms with Crippen LogP contribution in [0.3, 0.4) is 0 Å². The summed E-state index contributed by atoms with van der Waals surface area (Å²) in [6.45, 7) is 8.95. The highest BCUT2D eigenvalue weighted by molar-refractivity contribution is 6.45. The molecule has 0 aliphatic carbocycles. The fourth-order valence-electron chi connectivity index (χ4n) is 4.26. The number of hydrogen-bond donors (Lipinski definition) is 0. The van der Waals surface area contributed by atoms with Crippen molar-refractivity contribution >= 4 is 23.1 Å². The first kappa shape index (κ1) is 22.9. The van der Waals surface area contributed by atoms with Crippen molar-refractivity contribution in [2.45, 2.75) is 20.3 Å². The van der Waals surface area contributed by atoms with Crippen LogP contribution in [0.5, 0.6) is 11.5 Å². The number of amides is 2. The monoisotopic (exact) mass is 449 g/mol. The normalized spacial score (nSPS) is 17.2. The molecule has 2 aliphatic heterocycles. The SMILES string of the molecule is CCCOc1ccc(C2=C(N3CCN(CC)CC3)C(=O)N(c3ccc(OC)cc3)C2=O)cc1. The van der Waals surface area contributed by atoms with Gasteiger partial charge in [-0.3, -0.25) is 9.59 Å². The standard InChI is InChI=1S/C26H31N3O4/c1-4-18-33-22-10-6-19(7-11-22)23-24(28-16-14-27(5-2)15-17-28)26(31)29(25(23)30)20-8-12-21(32-3)13-9-20/h6-13H,4-5,14-18H2,1-3H3.